The van der Waals surface area contributed by atoms with Crippen molar-refractivity contribution in [2.75, 3.05) is 39.5 Å². The summed E-state index contributed by atoms with van der Waals surface area (Å²) in [7, 11) is -3.63. The molecule has 0 N–H and O–H groups in total. The molecule has 12 heteroatoms. The van der Waals surface area contributed by atoms with Crippen LogP contribution in [0.4, 0.5) is 0 Å². The van der Waals surface area contributed by atoms with Crippen LogP contribution in [0, 0.1) is 0 Å². The second-order valence-corrected chi connectivity index (χ2v) is 11.5. The zero-order chi connectivity index (χ0) is 25.1. The second-order valence-electron chi connectivity index (χ2n) is 8.58. The van der Waals surface area contributed by atoms with E-state index in [4.69, 9.17) is 23.6 Å². The van der Waals surface area contributed by atoms with Gasteiger partial charge in [-0.1, -0.05) is 11.8 Å². The van der Waals surface area contributed by atoms with Gasteiger partial charge < -0.3 is 23.2 Å². The van der Waals surface area contributed by atoms with E-state index >= 15 is 0 Å². The molecule has 4 heterocycles. The van der Waals surface area contributed by atoms with Crippen LogP contribution in [0.1, 0.15) is 36.1 Å². The summed E-state index contributed by atoms with van der Waals surface area (Å²) in [5, 5.41) is 0.732. The highest BCUT2D eigenvalue weighted by atomic mass is 32.2. The molecule has 5 rings (SSSR count). The maximum atomic E-state index is 13.2. The molecule has 1 unspecified atom stereocenters. The first-order chi connectivity index (χ1) is 17.5. The minimum Gasteiger partial charge on any atom is -0.460 e. The average Bonchev–Trinajstić information content (AvgIpc) is 3.64. The van der Waals surface area contributed by atoms with Crippen LogP contribution in [0.2, 0.25) is 0 Å². The van der Waals surface area contributed by atoms with E-state index < -0.39 is 16.0 Å². The van der Waals surface area contributed by atoms with Gasteiger partial charge in [0.25, 0.3) is 0 Å². The molecule has 0 aliphatic carbocycles. The molecule has 194 valence electrons. The van der Waals surface area contributed by atoms with Crippen LogP contribution in [0.5, 0.6) is 0 Å². The highest BCUT2D eigenvalue weighted by Gasteiger charge is 2.28. The molecule has 10 nitrogen and oxygen atoms in total. The number of nitrogens with zero attached hydrogens (tertiary/aromatic N) is 3. The van der Waals surface area contributed by atoms with Gasteiger partial charge in [0, 0.05) is 19.7 Å². The molecule has 36 heavy (non-hydrogen) atoms. The Labute approximate surface area is 213 Å². The van der Waals surface area contributed by atoms with Crippen LogP contribution < -0.4 is 0 Å². The van der Waals surface area contributed by atoms with E-state index in [1.54, 1.807) is 31.2 Å². The zero-order valence-corrected chi connectivity index (χ0v) is 21.7. The smallest absolute Gasteiger partial charge is 0.374 e. The maximum absolute atomic E-state index is 13.2. The van der Waals surface area contributed by atoms with Crippen molar-refractivity contribution < 1.29 is 31.8 Å². The number of carbonyl (C=O) groups is 1. The van der Waals surface area contributed by atoms with Crippen LogP contribution in [0.3, 0.4) is 0 Å². The summed E-state index contributed by atoms with van der Waals surface area (Å²) in [4.78, 5) is 16.9. The molecule has 2 fully saturated rings. The van der Waals surface area contributed by atoms with Crippen LogP contribution in [-0.4, -0.2) is 73.9 Å². The number of sulfonamides is 1. The van der Waals surface area contributed by atoms with Crippen molar-refractivity contribution in [2.24, 2.45) is 0 Å². The number of esters is 1. The van der Waals surface area contributed by atoms with Crippen LogP contribution in [0.15, 0.2) is 44.8 Å². The molecule has 3 aromatic rings. The Morgan fingerprint density at radius 3 is 2.78 bits per heavy atom. The fraction of sp³-hybridized carbons (Fsp3) is 0.500. The molecule has 2 aromatic heterocycles. The average molecular weight is 536 g/mol. The van der Waals surface area contributed by atoms with Crippen molar-refractivity contribution in [1.82, 2.24) is 13.9 Å². The van der Waals surface area contributed by atoms with Gasteiger partial charge in [0.15, 0.2) is 5.16 Å². The van der Waals surface area contributed by atoms with E-state index in [9.17, 15) is 13.2 Å². The Hall–Kier alpha value is -2.38. The van der Waals surface area contributed by atoms with Gasteiger partial charge in [0.05, 0.1) is 54.2 Å². The number of hydrogen-bond acceptors (Lipinski definition) is 9. The fourth-order valence-electron chi connectivity index (χ4n) is 4.37. The number of fused-ring (bicyclic) bond motifs is 1. The van der Waals surface area contributed by atoms with Gasteiger partial charge in [-0.2, -0.15) is 4.31 Å². The largest absolute Gasteiger partial charge is 0.460 e. The van der Waals surface area contributed by atoms with Crippen molar-refractivity contribution in [3.8, 4) is 0 Å². The molecule has 2 saturated heterocycles. The van der Waals surface area contributed by atoms with Crippen molar-refractivity contribution in [3.63, 3.8) is 0 Å². The van der Waals surface area contributed by atoms with Gasteiger partial charge in [-0.15, -0.1) is 0 Å². The molecule has 0 radical (unpaired) electrons. The number of benzene rings is 1. The molecule has 0 saturated carbocycles. The lowest BCUT2D eigenvalue weighted by Gasteiger charge is -2.26. The zero-order valence-electron chi connectivity index (χ0n) is 20.1. The van der Waals surface area contributed by atoms with E-state index in [1.807, 2.05) is 6.07 Å². The van der Waals surface area contributed by atoms with Gasteiger partial charge in [0.2, 0.25) is 15.8 Å². The normalized spacial score (nSPS) is 19.2. The predicted octanol–water partition coefficient (Wildman–Crippen LogP) is 3.30. The number of imidazole rings is 1. The molecule has 2 aliphatic heterocycles. The molecule has 1 atom stereocenters. The van der Waals surface area contributed by atoms with Gasteiger partial charge in [0.1, 0.15) is 5.76 Å². The minimum absolute atomic E-state index is 0.0811. The summed E-state index contributed by atoms with van der Waals surface area (Å²) in [5.74, 6) is 0.744. The first-order valence-corrected chi connectivity index (χ1v) is 14.5. The summed E-state index contributed by atoms with van der Waals surface area (Å²) >= 11 is 1.46. The third-order valence-electron chi connectivity index (χ3n) is 6.18. The molecular weight excluding hydrogens is 506 g/mol. The van der Waals surface area contributed by atoms with Gasteiger partial charge in [-0.25, -0.2) is 18.2 Å². The minimum atomic E-state index is -3.63. The molecule has 0 bridgehead atoms. The summed E-state index contributed by atoms with van der Waals surface area (Å²) in [6.07, 6.45) is 2.07. The number of aromatic nitrogens is 2. The predicted molar refractivity (Wildman–Crippen MR) is 133 cm³/mol. The van der Waals surface area contributed by atoms with Crippen molar-refractivity contribution in [3.05, 3.63) is 41.9 Å². The number of morpholine rings is 1. The fourth-order valence-corrected chi connectivity index (χ4v) is 6.71. The van der Waals surface area contributed by atoms with Crippen LogP contribution >= 0.6 is 11.8 Å². The summed E-state index contributed by atoms with van der Waals surface area (Å²) < 4.78 is 51.7. The Morgan fingerprint density at radius 2 is 2.03 bits per heavy atom. The first kappa shape index (κ1) is 25.3. The topological polar surface area (TPSA) is 113 Å². The number of furan rings is 1. The van der Waals surface area contributed by atoms with E-state index in [-0.39, 0.29) is 23.4 Å². The highest BCUT2D eigenvalue weighted by molar-refractivity contribution is 7.98. The van der Waals surface area contributed by atoms with E-state index in [0.29, 0.717) is 49.9 Å². The first-order valence-electron chi connectivity index (χ1n) is 12.0. The van der Waals surface area contributed by atoms with E-state index in [2.05, 4.69) is 4.57 Å². The van der Waals surface area contributed by atoms with Crippen molar-refractivity contribution in [1.29, 1.82) is 0 Å². The standard InChI is InChI=1S/C24H29N3O7S2/c1-2-32-23(28)22-8-5-18(34-22)16-35-24-25-20-14-19(36(29,30)26-9-12-31-13-10-26)6-7-21(20)27(24)15-17-4-3-11-33-17/h5-8,14,17H,2-4,9-13,15-16H2,1H3. The van der Waals surface area contributed by atoms with Gasteiger partial charge in [-0.05, 0) is 50.1 Å². The van der Waals surface area contributed by atoms with E-state index in [0.717, 1.165) is 30.1 Å². The number of thioether (sulfide) groups is 1. The number of carbonyl (C=O) groups excluding carboxylic acids is 1. The second kappa shape index (κ2) is 10.9. The maximum Gasteiger partial charge on any atom is 0.374 e. The number of ether oxygens (including phenoxy) is 3. The summed E-state index contributed by atoms with van der Waals surface area (Å²) in [6.45, 7) is 4.85. The monoisotopic (exact) mass is 535 g/mol. The Morgan fingerprint density at radius 1 is 1.19 bits per heavy atom. The van der Waals surface area contributed by atoms with Gasteiger partial charge >= 0.3 is 5.97 Å². The quantitative estimate of drug-likeness (QED) is 0.301. The molecular formula is C24H29N3O7S2. The lowest BCUT2D eigenvalue weighted by molar-refractivity contribution is 0.0488. The summed E-state index contributed by atoms with van der Waals surface area (Å²) in [6, 6.07) is 8.46. The molecule has 0 spiro atoms. The van der Waals surface area contributed by atoms with Gasteiger partial charge in [-0.3, -0.25) is 0 Å². The third kappa shape index (κ3) is 5.32. The molecule has 2 aliphatic rings. The van der Waals surface area contributed by atoms with Crippen LogP contribution in [0.25, 0.3) is 11.0 Å². The Kier molecular flexibility index (Phi) is 7.68. The van der Waals surface area contributed by atoms with Crippen molar-refractivity contribution in [2.45, 2.75) is 48.2 Å². The van der Waals surface area contributed by atoms with E-state index in [1.165, 1.54) is 16.1 Å². The number of hydrogen-bond donors (Lipinski definition) is 0. The van der Waals surface area contributed by atoms with Crippen molar-refractivity contribution >= 4 is 38.8 Å². The lowest BCUT2D eigenvalue weighted by atomic mass is 10.2. The molecule has 0 amide bonds. The SMILES string of the molecule is CCOC(=O)c1ccc(CSc2nc3cc(S(=O)(=O)N4CCOCC4)ccc3n2CC2CCCO2)o1. The highest BCUT2D eigenvalue weighted by Crippen LogP contribution is 2.31. The summed E-state index contributed by atoms with van der Waals surface area (Å²) in [5.41, 5.74) is 1.46. The van der Waals surface area contributed by atoms with Crippen LogP contribution in [-0.2, 0) is 36.5 Å². The number of rotatable bonds is 9. The molecule has 1 aromatic carbocycles. The Bertz CT molecular complexity index is 1320. The Balaban J connectivity index is 1.42. The lowest BCUT2D eigenvalue weighted by Crippen LogP contribution is -2.40. The third-order valence-corrected chi connectivity index (χ3v) is 9.08.